The van der Waals surface area contributed by atoms with Crippen LogP contribution in [0.2, 0.25) is 0 Å². The zero-order valence-electron chi connectivity index (χ0n) is 23.7. The molecular formula is C35H39N3O. The van der Waals surface area contributed by atoms with Crippen LogP contribution < -0.4 is 0 Å². The highest BCUT2D eigenvalue weighted by Gasteiger charge is 2.18. The maximum atomic E-state index is 12.9. The fourth-order valence-corrected chi connectivity index (χ4v) is 5.32. The summed E-state index contributed by atoms with van der Waals surface area (Å²) in [5, 5.41) is 9.72. The van der Waals surface area contributed by atoms with E-state index in [2.05, 4.69) is 81.1 Å². The molecule has 0 bridgehead atoms. The molecule has 1 aliphatic rings. The highest BCUT2D eigenvalue weighted by molar-refractivity contribution is 5.88. The van der Waals surface area contributed by atoms with Crippen molar-refractivity contribution in [2.24, 2.45) is 0 Å². The van der Waals surface area contributed by atoms with Gasteiger partial charge in [-0.3, -0.25) is 9.69 Å². The molecule has 3 aromatic rings. The second-order valence-corrected chi connectivity index (χ2v) is 10.7. The van der Waals surface area contributed by atoms with Crippen LogP contribution in [0.5, 0.6) is 0 Å². The first-order chi connectivity index (χ1) is 18.8. The van der Waals surface area contributed by atoms with Crippen molar-refractivity contribution >= 4 is 12.0 Å². The van der Waals surface area contributed by atoms with Gasteiger partial charge in [0.05, 0.1) is 11.6 Å². The normalized spacial score (nSPS) is 14.6. The summed E-state index contributed by atoms with van der Waals surface area (Å²) in [6.45, 7) is 12.8. The summed E-state index contributed by atoms with van der Waals surface area (Å²) in [6, 6.07) is 21.3. The van der Waals surface area contributed by atoms with Gasteiger partial charge in [-0.1, -0.05) is 77.9 Å². The maximum Gasteiger partial charge on any atom is 0.246 e. The molecule has 1 saturated heterocycles. The Morgan fingerprint density at radius 1 is 0.846 bits per heavy atom. The summed E-state index contributed by atoms with van der Waals surface area (Å²) in [7, 11) is 0. The van der Waals surface area contributed by atoms with Crippen LogP contribution in [0.3, 0.4) is 0 Å². The molecule has 1 fully saturated rings. The van der Waals surface area contributed by atoms with Crippen molar-refractivity contribution in [2.75, 3.05) is 26.2 Å². The molecule has 3 aromatic carbocycles. The predicted molar refractivity (Wildman–Crippen MR) is 160 cm³/mol. The highest BCUT2D eigenvalue weighted by atomic mass is 16.2. The van der Waals surface area contributed by atoms with Crippen LogP contribution in [0.15, 0.2) is 72.8 Å². The molecule has 1 amide bonds. The van der Waals surface area contributed by atoms with E-state index in [0.717, 1.165) is 56.7 Å². The van der Waals surface area contributed by atoms with Crippen LogP contribution in [-0.4, -0.2) is 41.9 Å². The van der Waals surface area contributed by atoms with Crippen molar-refractivity contribution in [3.8, 4) is 6.07 Å². The van der Waals surface area contributed by atoms with Crippen molar-refractivity contribution in [1.29, 1.82) is 5.26 Å². The number of allylic oxidation sites excluding steroid dienone is 2. The number of rotatable bonds is 7. The van der Waals surface area contributed by atoms with Gasteiger partial charge in [-0.15, -0.1) is 0 Å². The molecule has 1 aliphatic heterocycles. The van der Waals surface area contributed by atoms with Crippen LogP contribution in [0.25, 0.3) is 6.08 Å². The van der Waals surface area contributed by atoms with E-state index in [1.807, 2.05) is 29.2 Å². The largest absolute Gasteiger partial charge is 0.338 e. The molecule has 1 heterocycles. The fraction of sp³-hybridized carbons (Fsp3) is 0.314. The summed E-state index contributed by atoms with van der Waals surface area (Å²) >= 11 is 0. The molecule has 200 valence electrons. The van der Waals surface area contributed by atoms with Crippen LogP contribution in [0, 0.1) is 39.0 Å². The molecule has 4 heteroatoms. The minimum atomic E-state index is 0.0390. The third-order valence-electron chi connectivity index (χ3n) is 7.60. The molecule has 0 unspecified atom stereocenters. The number of benzene rings is 3. The topological polar surface area (TPSA) is 47.3 Å². The van der Waals surface area contributed by atoms with Gasteiger partial charge in [0.2, 0.25) is 5.91 Å². The number of nitrogens with zero attached hydrogens (tertiary/aromatic N) is 3. The van der Waals surface area contributed by atoms with Gasteiger partial charge in [0, 0.05) is 38.8 Å². The van der Waals surface area contributed by atoms with Gasteiger partial charge in [0.25, 0.3) is 0 Å². The number of nitriles is 1. The Labute approximate surface area is 233 Å². The van der Waals surface area contributed by atoms with E-state index in [1.165, 1.54) is 33.4 Å². The minimum Gasteiger partial charge on any atom is -0.338 e. The number of hydrogen-bond acceptors (Lipinski definition) is 3. The summed E-state index contributed by atoms with van der Waals surface area (Å²) in [5.41, 5.74) is 10.4. The number of hydrogen-bond donors (Lipinski definition) is 0. The van der Waals surface area contributed by atoms with Gasteiger partial charge in [0.15, 0.2) is 0 Å². The lowest BCUT2D eigenvalue weighted by atomic mass is 9.93. The van der Waals surface area contributed by atoms with E-state index in [1.54, 1.807) is 12.2 Å². The molecule has 0 atom stereocenters. The van der Waals surface area contributed by atoms with Gasteiger partial charge >= 0.3 is 0 Å². The van der Waals surface area contributed by atoms with Crippen molar-refractivity contribution in [3.05, 3.63) is 123 Å². The van der Waals surface area contributed by atoms with Gasteiger partial charge < -0.3 is 4.90 Å². The average molecular weight is 518 g/mol. The van der Waals surface area contributed by atoms with Crippen LogP contribution in [0.1, 0.15) is 56.5 Å². The first-order valence-electron chi connectivity index (χ1n) is 13.8. The first kappa shape index (κ1) is 28.1. The van der Waals surface area contributed by atoms with Gasteiger partial charge in [0.1, 0.15) is 0 Å². The lowest BCUT2D eigenvalue weighted by molar-refractivity contribution is -0.125. The fourth-order valence-electron chi connectivity index (χ4n) is 5.32. The number of carbonyl (C=O) groups excluding carboxylic acids is 1. The lowest BCUT2D eigenvalue weighted by Crippen LogP contribution is -2.34. The summed E-state index contributed by atoms with van der Waals surface area (Å²) in [6.07, 6.45) is 9.01. The zero-order chi connectivity index (χ0) is 27.8. The molecule has 4 rings (SSSR count). The van der Waals surface area contributed by atoms with E-state index in [0.29, 0.717) is 5.56 Å². The quantitative estimate of drug-likeness (QED) is 0.259. The van der Waals surface area contributed by atoms with E-state index >= 15 is 0 Å². The zero-order valence-corrected chi connectivity index (χ0v) is 23.7. The molecule has 0 saturated carbocycles. The van der Waals surface area contributed by atoms with E-state index in [-0.39, 0.29) is 5.91 Å². The molecule has 0 aliphatic carbocycles. The minimum absolute atomic E-state index is 0.0390. The molecule has 0 N–H and O–H groups in total. The van der Waals surface area contributed by atoms with Crippen LogP contribution >= 0.6 is 0 Å². The van der Waals surface area contributed by atoms with Gasteiger partial charge in [-0.05, 0) is 80.0 Å². The Morgan fingerprint density at radius 2 is 1.56 bits per heavy atom. The Morgan fingerprint density at radius 3 is 2.26 bits per heavy atom. The molecule has 39 heavy (non-hydrogen) atoms. The molecule has 0 radical (unpaired) electrons. The first-order valence-corrected chi connectivity index (χ1v) is 13.8. The van der Waals surface area contributed by atoms with Crippen LogP contribution in [-0.2, 0) is 17.8 Å². The molecular weight excluding hydrogens is 478 g/mol. The summed E-state index contributed by atoms with van der Waals surface area (Å²) < 4.78 is 0. The van der Waals surface area contributed by atoms with Crippen molar-refractivity contribution in [2.45, 2.75) is 47.1 Å². The van der Waals surface area contributed by atoms with E-state index < -0.39 is 0 Å². The Kier molecular flexibility index (Phi) is 9.52. The van der Waals surface area contributed by atoms with Gasteiger partial charge in [-0.2, -0.15) is 5.26 Å². The van der Waals surface area contributed by atoms with Crippen molar-refractivity contribution in [3.63, 3.8) is 0 Å². The molecule has 0 aromatic heterocycles. The SMILES string of the molecule is Cc1ccc(Cc2cccc(C#N)c2C=CC=CC(=O)N2CCCN(Cc3ccc(C)cc3C)CC2)c(C)c1. The third-order valence-corrected chi connectivity index (χ3v) is 7.60. The van der Waals surface area contributed by atoms with Gasteiger partial charge in [-0.25, -0.2) is 0 Å². The van der Waals surface area contributed by atoms with E-state index in [4.69, 9.17) is 0 Å². The van der Waals surface area contributed by atoms with Crippen LogP contribution in [0.4, 0.5) is 0 Å². The standard InChI is InChI=1S/C35H39N3O/c1-26-13-15-30(28(3)21-26)23-31-9-7-10-32(24-36)34(31)11-5-6-12-35(39)38-18-8-17-37(19-20-38)25-33-16-14-27(2)22-29(33)4/h5-7,9-16,21-22H,8,17-20,23,25H2,1-4H3. The van der Waals surface area contributed by atoms with Crippen molar-refractivity contribution in [1.82, 2.24) is 9.80 Å². The maximum absolute atomic E-state index is 12.9. The second-order valence-electron chi connectivity index (χ2n) is 10.7. The number of carbonyl (C=O) groups is 1. The monoisotopic (exact) mass is 517 g/mol. The molecule has 0 spiro atoms. The Balaban J connectivity index is 1.38. The number of aryl methyl sites for hydroxylation is 4. The summed E-state index contributed by atoms with van der Waals surface area (Å²) in [5.74, 6) is 0.0390. The predicted octanol–water partition coefficient (Wildman–Crippen LogP) is 6.69. The summed E-state index contributed by atoms with van der Waals surface area (Å²) in [4.78, 5) is 17.3. The smallest absolute Gasteiger partial charge is 0.246 e. The van der Waals surface area contributed by atoms with Crippen molar-refractivity contribution < 1.29 is 4.79 Å². The Bertz CT molecular complexity index is 1430. The van der Waals surface area contributed by atoms with E-state index in [9.17, 15) is 10.1 Å². The molecule has 4 nitrogen and oxygen atoms in total. The second kappa shape index (κ2) is 13.2. The number of amides is 1. The Hall–Kier alpha value is -3.94. The average Bonchev–Trinajstić information content (AvgIpc) is 3.16. The lowest BCUT2D eigenvalue weighted by Gasteiger charge is -2.22. The third kappa shape index (κ3) is 7.56. The highest BCUT2D eigenvalue weighted by Crippen LogP contribution is 2.22.